The molecule has 2 spiro atoms. The van der Waals surface area contributed by atoms with Crippen LogP contribution in [0, 0.1) is 10.8 Å². The number of ether oxygens (including phenoxy) is 4. The molecule has 4 fully saturated rings. The zero-order chi connectivity index (χ0) is 43.9. The number of piperidine rings is 2. The molecule has 12 heteroatoms. The first-order valence-corrected chi connectivity index (χ1v) is 23.3. The molecule has 0 bridgehead atoms. The molecule has 0 aliphatic carbocycles. The van der Waals surface area contributed by atoms with Crippen molar-refractivity contribution in [2.45, 2.75) is 77.0 Å². The molecule has 0 N–H and O–H groups in total. The van der Waals surface area contributed by atoms with Crippen molar-refractivity contribution in [3.05, 3.63) is 108 Å². The van der Waals surface area contributed by atoms with E-state index in [9.17, 15) is 9.59 Å². The van der Waals surface area contributed by atoms with Crippen LogP contribution >= 0.6 is 0 Å². The number of rotatable bonds is 14. The Kier molecular flexibility index (Phi) is 13.3. The topological polar surface area (TPSA) is 113 Å². The number of methoxy groups -OCH3 is 2. The highest BCUT2D eigenvalue weighted by atomic mass is 16.5. The highest BCUT2D eigenvalue weighted by Crippen LogP contribution is 2.41. The molecule has 0 radical (unpaired) electrons. The van der Waals surface area contributed by atoms with E-state index in [0.717, 1.165) is 137 Å². The van der Waals surface area contributed by atoms with E-state index in [1.165, 1.54) is 24.0 Å². The average molecular weight is 867 g/mol. The molecule has 4 aliphatic rings. The van der Waals surface area contributed by atoms with E-state index >= 15 is 0 Å². The molecule has 0 amide bonds. The van der Waals surface area contributed by atoms with E-state index in [2.05, 4.69) is 92.6 Å². The Morgan fingerprint density at radius 1 is 0.547 bits per heavy atom. The summed E-state index contributed by atoms with van der Waals surface area (Å²) in [6.07, 6.45) is 11.2. The van der Waals surface area contributed by atoms with Gasteiger partial charge in [0.1, 0.15) is 0 Å². The number of carbonyl (C=O) groups is 2. The molecule has 0 atom stereocenters. The minimum atomic E-state index is 0.0371. The van der Waals surface area contributed by atoms with Gasteiger partial charge in [0.15, 0.2) is 0 Å². The predicted octanol–water partition coefficient (Wildman–Crippen LogP) is 9.43. The lowest BCUT2D eigenvalue weighted by atomic mass is 9.77. The third kappa shape index (κ3) is 9.54. The van der Waals surface area contributed by atoms with Crippen molar-refractivity contribution in [1.82, 2.24) is 19.1 Å². The number of aromatic nitrogens is 4. The predicted molar refractivity (Wildman–Crippen MR) is 251 cm³/mol. The number of carbonyl (C=O) groups excluding carboxylic acids is 2. The molecule has 2 aromatic heterocycles. The molecule has 6 aromatic rings. The molecule has 4 aliphatic heterocycles. The molecular formula is C52H62N6O6. The molecule has 0 saturated carbocycles. The van der Waals surface area contributed by atoms with Gasteiger partial charge < -0.3 is 28.7 Å². The summed E-state index contributed by atoms with van der Waals surface area (Å²) in [5.41, 5.74) is 9.01. The van der Waals surface area contributed by atoms with Gasteiger partial charge in [-0.15, -0.1) is 0 Å². The first-order chi connectivity index (χ1) is 31.3. The Bertz CT molecular complexity index is 2510. The van der Waals surface area contributed by atoms with Gasteiger partial charge in [0, 0.05) is 61.2 Å². The van der Waals surface area contributed by atoms with Gasteiger partial charge in [-0.25, -0.2) is 9.13 Å². The molecule has 64 heavy (non-hydrogen) atoms. The molecule has 4 saturated heterocycles. The maximum atomic E-state index is 13.1. The average Bonchev–Trinajstić information content (AvgIpc) is 3.89. The Morgan fingerprint density at radius 2 is 1.00 bits per heavy atom. The smallest absolute Gasteiger partial charge is 0.304 e. The molecular weight excluding hydrogens is 805 g/mol. The zero-order valence-corrected chi connectivity index (χ0v) is 37.5. The van der Waals surface area contributed by atoms with Gasteiger partial charge in [0.25, 0.3) is 0 Å². The molecule has 6 heterocycles. The Labute approximate surface area is 376 Å². The van der Waals surface area contributed by atoms with Crippen molar-refractivity contribution in [3.8, 4) is 12.0 Å². The summed E-state index contributed by atoms with van der Waals surface area (Å²) in [4.78, 5) is 40.2. The normalized spacial score (nSPS) is 17.5. The summed E-state index contributed by atoms with van der Waals surface area (Å²) in [6, 6.07) is 34.0. The Hall–Kier alpha value is -5.72. The van der Waals surface area contributed by atoms with Crippen LogP contribution in [0.25, 0.3) is 22.1 Å². The fraction of sp³-hybridized carbons (Fsp3) is 0.462. The van der Waals surface area contributed by atoms with Crippen LogP contribution in [-0.2, 0) is 22.3 Å². The van der Waals surface area contributed by atoms with Crippen LogP contribution in [0.15, 0.2) is 97.1 Å². The summed E-state index contributed by atoms with van der Waals surface area (Å²) in [7, 11) is 3.15. The van der Waals surface area contributed by atoms with Crippen LogP contribution in [0.2, 0.25) is 0 Å². The standard InChI is InChI=1S/2C26H31N3O3/c1-31-25-27-22-17-21(28-15-13-26(14-16-28)18-32-19-26)11-12-23(22)29(25)24(30)10-6-5-9-20-7-3-2-4-8-20;1-31-25-27-22-12-11-21(28-15-13-26(14-16-28)18-32-19-26)17-23(22)29(25)24(30)10-6-5-9-20-7-3-2-4-8-20/h2*2-4,7-8,11-12,17H,5-6,9-10,13-16,18-19H2,1H3. The summed E-state index contributed by atoms with van der Waals surface area (Å²) >= 11 is 0. The summed E-state index contributed by atoms with van der Waals surface area (Å²) < 4.78 is 25.1. The van der Waals surface area contributed by atoms with Crippen LogP contribution in [0.3, 0.4) is 0 Å². The lowest BCUT2D eigenvalue weighted by Gasteiger charge is -2.47. The van der Waals surface area contributed by atoms with Crippen LogP contribution in [0.4, 0.5) is 11.4 Å². The van der Waals surface area contributed by atoms with Gasteiger partial charge in [-0.1, -0.05) is 60.7 Å². The number of unbranched alkanes of at least 4 members (excludes halogenated alkanes) is 2. The Balaban J connectivity index is 0.000000162. The third-order valence-corrected chi connectivity index (χ3v) is 14.0. The van der Waals surface area contributed by atoms with Gasteiger partial charge in [-0.3, -0.25) is 9.59 Å². The van der Waals surface area contributed by atoms with Crippen molar-refractivity contribution in [1.29, 1.82) is 0 Å². The third-order valence-electron chi connectivity index (χ3n) is 14.0. The first-order valence-electron chi connectivity index (χ1n) is 23.3. The molecule has 4 aromatic carbocycles. The van der Waals surface area contributed by atoms with Crippen molar-refractivity contribution in [3.63, 3.8) is 0 Å². The van der Waals surface area contributed by atoms with E-state index in [0.29, 0.717) is 35.7 Å². The monoisotopic (exact) mass is 866 g/mol. The fourth-order valence-corrected chi connectivity index (χ4v) is 9.80. The largest absolute Gasteiger partial charge is 0.468 e. The zero-order valence-electron chi connectivity index (χ0n) is 37.5. The van der Waals surface area contributed by atoms with Gasteiger partial charge in [0.2, 0.25) is 11.8 Å². The lowest BCUT2D eigenvalue weighted by molar-refractivity contribution is -0.124. The minimum absolute atomic E-state index is 0.0371. The first kappa shape index (κ1) is 43.5. The van der Waals surface area contributed by atoms with E-state index in [1.54, 1.807) is 23.4 Å². The number of hydrogen-bond donors (Lipinski definition) is 0. The maximum Gasteiger partial charge on any atom is 0.304 e. The second-order valence-corrected chi connectivity index (χ2v) is 18.3. The van der Waals surface area contributed by atoms with Crippen molar-refractivity contribution in [2.75, 3.05) is 76.6 Å². The molecule has 336 valence electrons. The fourth-order valence-electron chi connectivity index (χ4n) is 9.80. The second kappa shape index (κ2) is 19.6. The molecule has 0 unspecified atom stereocenters. The number of benzene rings is 4. The maximum absolute atomic E-state index is 13.1. The van der Waals surface area contributed by atoms with E-state index in [4.69, 9.17) is 18.9 Å². The number of fused-ring (bicyclic) bond motifs is 2. The highest BCUT2D eigenvalue weighted by molar-refractivity contribution is 5.94. The highest BCUT2D eigenvalue weighted by Gasteiger charge is 2.42. The summed E-state index contributed by atoms with van der Waals surface area (Å²) in [5, 5.41) is 0. The van der Waals surface area contributed by atoms with Crippen molar-refractivity contribution < 1.29 is 28.5 Å². The van der Waals surface area contributed by atoms with E-state index in [-0.39, 0.29) is 11.8 Å². The van der Waals surface area contributed by atoms with Crippen LogP contribution < -0.4 is 19.3 Å². The van der Waals surface area contributed by atoms with E-state index < -0.39 is 0 Å². The van der Waals surface area contributed by atoms with Gasteiger partial charge in [-0.05, 0) is 112 Å². The van der Waals surface area contributed by atoms with Gasteiger partial charge in [-0.2, -0.15) is 9.97 Å². The number of imidazole rings is 2. The lowest BCUT2D eigenvalue weighted by Crippen LogP contribution is -2.50. The minimum Gasteiger partial charge on any atom is -0.468 e. The van der Waals surface area contributed by atoms with Crippen LogP contribution in [-0.4, -0.2) is 97.7 Å². The summed E-state index contributed by atoms with van der Waals surface area (Å²) in [6.45, 7) is 7.75. The van der Waals surface area contributed by atoms with Crippen molar-refractivity contribution >= 4 is 45.3 Å². The van der Waals surface area contributed by atoms with Crippen LogP contribution in [0.5, 0.6) is 12.0 Å². The quantitative estimate of drug-likeness (QED) is 0.0982. The SMILES string of the molecule is COc1nc2cc(N3CCC4(CC3)COC4)ccc2n1C(=O)CCCCc1ccccc1.COc1nc2ccc(N3CCC4(CC3)COC4)cc2n1C(=O)CCCCc1ccccc1. The number of anilines is 2. The van der Waals surface area contributed by atoms with Crippen LogP contribution in [0.1, 0.15) is 84.9 Å². The van der Waals surface area contributed by atoms with Crippen molar-refractivity contribution in [2.24, 2.45) is 10.8 Å². The number of aryl methyl sites for hydroxylation is 2. The number of hydrogen-bond acceptors (Lipinski definition) is 10. The number of nitrogens with zero attached hydrogens (tertiary/aromatic N) is 6. The van der Waals surface area contributed by atoms with E-state index in [1.807, 2.05) is 24.3 Å². The molecule has 12 nitrogen and oxygen atoms in total. The second-order valence-electron chi connectivity index (χ2n) is 18.3. The Morgan fingerprint density at radius 3 is 1.47 bits per heavy atom. The van der Waals surface area contributed by atoms with Gasteiger partial charge >= 0.3 is 12.0 Å². The summed E-state index contributed by atoms with van der Waals surface area (Å²) in [5.74, 6) is 0.0776. The molecule has 10 rings (SSSR count). The van der Waals surface area contributed by atoms with Gasteiger partial charge in [0.05, 0.1) is 62.7 Å².